The van der Waals surface area contributed by atoms with Crippen LogP contribution in [0.1, 0.15) is 31.5 Å². The maximum atomic E-state index is 8.58. The summed E-state index contributed by atoms with van der Waals surface area (Å²) in [5.74, 6) is 1.98. The molecule has 5 heteroatoms. The molecule has 14 heavy (non-hydrogen) atoms. The zero-order valence-electron chi connectivity index (χ0n) is 8.40. The molecule has 0 amide bonds. The van der Waals surface area contributed by atoms with Gasteiger partial charge in [0.1, 0.15) is 5.82 Å². The second-order valence-corrected chi connectivity index (χ2v) is 5.19. The third-order valence-corrected chi connectivity index (χ3v) is 3.80. The van der Waals surface area contributed by atoms with Crippen LogP contribution in [0.25, 0.3) is 0 Å². The molecular formula is C9H16N2OS2. The van der Waals surface area contributed by atoms with Crippen molar-refractivity contribution in [2.45, 2.75) is 36.9 Å². The van der Waals surface area contributed by atoms with Crippen LogP contribution in [0.2, 0.25) is 0 Å². The maximum absolute atomic E-state index is 8.58. The van der Waals surface area contributed by atoms with Gasteiger partial charge in [-0.25, -0.2) is 4.98 Å². The molecule has 0 fully saturated rings. The van der Waals surface area contributed by atoms with Crippen LogP contribution in [0.5, 0.6) is 0 Å². The molecule has 0 saturated heterocycles. The molecule has 1 aromatic rings. The third kappa shape index (κ3) is 4.93. The molecule has 1 heterocycles. The molecule has 0 atom stereocenters. The number of aromatic nitrogens is 2. The lowest BCUT2D eigenvalue weighted by molar-refractivity contribution is 0.283. The van der Waals surface area contributed by atoms with E-state index in [1.54, 1.807) is 11.8 Å². The molecule has 0 spiro atoms. The quantitative estimate of drug-likeness (QED) is 0.579. The average Bonchev–Trinajstić information content (AvgIpc) is 2.58. The van der Waals surface area contributed by atoms with E-state index in [0.29, 0.717) is 6.61 Å². The highest BCUT2D eigenvalue weighted by Gasteiger charge is 1.99. The van der Waals surface area contributed by atoms with Crippen LogP contribution < -0.4 is 0 Å². The summed E-state index contributed by atoms with van der Waals surface area (Å²) in [7, 11) is 0. The van der Waals surface area contributed by atoms with Gasteiger partial charge in [-0.1, -0.05) is 24.6 Å². The minimum atomic E-state index is 0.322. The number of unbranched alkanes of at least 4 members (excludes halogenated alkanes) is 3. The second-order valence-electron chi connectivity index (χ2n) is 3.09. The fourth-order valence-corrected chi connectivity index (χ4v) is 2.78. The van der Waals surface area contributed by atoms with Crippen molar-refractivity contribution in [1.29, 1.82) is 0 Å². The molecule has 0 aliphatic rings. The molecule has 3 nitrogen and oxygen atoms in total. The summed E-state index contributed by atoms with van der Waals surface area (Å²) in [5.41, 5.74) is 0. The Bertz CT molecular complexity index is 253. The summed E-state index contributed by atoms with van der Waals surface area (Å²) in [4.78, 5) is 4.28. The van der Waals surface area contributed by atoms with Crippen molar-refractivity contribution in [3.63, 3.8) is 0 Å². The van der Waals surface area contributed by atoms with Gasteiger partial charge in [0.15, 0.2) is 4.34 Å². The van der Waals surface area contributed by atoms with Crippen LogP contribution in [-0.2, 0) is 0 Å². The number of rotatable bonds is 7. The van der Waals surface area contributed by atoms with Gasteiger partial charge in [-0.15, -0.1) is 0 Å². The van der Waals surface area contributed by atoms with Gasteiger partial charge in [0.2, 0.25) is 0 Å². The molecule has 0 radical (unpaired) electrons. The van der Waals surface area contributed by atoms with Crippen LogP contribution in [0.3, 0.4) is 0 Å². The summed E-state index contributed by atoms with van der Waals surface area (Å²) in [5, 5.41) is 8.58. The van der Waals surface area contributed by atoms with E-state index in [1.807, 2.05) is 6.92 Å². The number of hydrogen-bond acceptors (Lipinski definition) is 5. The highest BCUT2D eigenvalue weighted by atomic mass is 32.2. The van der Waals surface area contributed by atoms with Crippen molar-refractivity contribution >= 4 is 23.3 Å². The Labute approximate surface area is 93.1 Å². The minimum absolute atomic E-state index is 0.322. The van der Waals surface area contributed by atoms with Crippen molar-refractivity contribution in [2.24, 2.45) is 0 Å². The molecule has 0 aromatic carbocycles. The Kier molecular flexibility index (Phi) is 6.14. The first-order valence-corrected chi connectivity index (χ1v) is 6.63. The Hall–Kier alpha value is -0.130. The van der Waals surface area contributed by atoms with Gasteiger partial charge in [-0.05, 0) is 31.3 Å². The first-order valence-electron chi connectivity index (χ1n) is 4.87. The van der Waals surface area contributed by atoms with E-state index in [1.165, 1.54) is 24.4 Å². The largest absolute Gasteiger partial charge is 0.396 e. The smallest absolute Gasteiger partial charge is 0.170 e. The van der Waals surface area contributed by atoms with E-state index in [2.05, 4.69) is 9.36 Å². The molecule has 0 saturated carbocycles. The number of aliphatic hydroxyl groups excluding tert-OH is 1. The first-order chi connectivity index (χ1) is 6.83. The van der Waals surface area contributed by atoms with Gasteiger partial charge >= 0.3 is 0 Å². The fourth-order valence-electron chi connectivity index (χ4n) is 1.06. The predicted molar refractivity (Wildman–Crippen MR) is 60.9 cm³/mol. The molecule has 0 bridgehead atoms. The maximum Gasteiger partial charge on any atom is 0.170 e. The number of aryl methyl sites for hydroxylation is 1. The standard InChI is InChI=1S/C9H16N2OS2/c1-8-10-9(14-11-8)13-7-5-3-2-4-6-12/h12H,2-7H2,1H3. The van der Waals surface area contributed by atoms with E-state index in [-0.39, 0.29) is 0 Å². The van der Waals surface area contributed by atoms with Crippen molar-refractivity contribution in [2.75, 3.05) is 12.4 Å². The van der Waals surface area contributed by atoms with Crippen molar-refractivity contribution in [3.05, 3.63) is 5.82 Å². The Morgan fingerprint density at radius 1 is 1.29 bits per heavy atom. The van der Waals surface area contributed by atoms with Gasteiger partial charge in [-0.3, -0.25) is 0 Å². The van der Waals surface area contributed by atoms with E-state index in [0.717, 1.165) is 28.8 Å². The van der Waals surface area contributed by atoms with Crippen LogP contribution in [-0.4, -0.2) is 26.8 Å². The lowest BCUT2D eigenvalue weighted by Crippen LogP contribution is -1.85. The van der Waals surface area contributed by atoms with E-state index in [9.17, 15) is 0 Å². The van der Waals surface area contributed by atoms with E-state index in [4.69, 9.17) is 5.11 Å². The van der Waals surface area contributed by atoms with Crippen molar-refractivity contribution < 1.29 is 5.11 Å². The Balaban J connectivity index is 1.99. The molecular weight excluding hydrogens is 216 g/mol. The second kappa shape index (κ2) is 7.20. The van der Waals surface area contributed by atoms with E-state index < -0.39 is 0 Å². The van der Waals surface area contributed by atoms with Gasteiger partial charge < -0.3 is 5.11 Å². The van der Waals surface area contributed by atoms with Crippen molar-refractivity contribution in [1.82, 2.24) is 9.36 Å². The zero-order valence-corrected chi connectivity index (χ0v) is 10.0. The van der Waals surface area contributed by atoms with Gasteiger partial charge in [0.25, 0.3) is 0 Å². The minimum Gasteiger partial charge on any atom is -0.396 e. The predicted octanol–water partition coefficient (Wildman–Crippen LogP) is 2.49. The molecule has 1 aromatic heterocycles. The van der Waals surface area contributed by atoms with Gasteiger partial charge in [0, 0.05) is 12.4 Å². The molecule has 0 aliphatic heterocycles. The number of nitrogens with zero attached hydrogens (tertiary/aromatic N) is 2. The fraction of sp³-hybridized carbons (Fsp3) is 0.778. The molecule has 80 valence electrons. The number of thioether (sulfide) groups is 1. The zero-order chi connectivity index (χ0) is 10.2. The Morgan fingerprint density at radius 3 is 2.71 bits per heavy atom. The highest BCUT2D eigenvalue weighted by Crippen LogP contribution is 2.21. The lowest BCUT2D eigenvalue weighted by Gasteiger charge is -1.97. The summed E-state index contributed by atoms with van der Waals surface area (Å²) < 4.78 is 5.20. The summed E-state index contributed by atoms with van der Waals surface area (Å²) in [6.07, 6.45) is 4.46. The van der Waals surface area contributed by atoms with Crippen LogP contribution in [0.4, 0.5) is 0 Å². The molecule has 0 aliphatic carbocycles. The Morgan fingerprint density at radius 2 is 2.07 bits per heavy atom. The highest BCUT2D eigenvalue weighted by molar-refractivity contribution is 8.00. The van der Waals surface area contributed by atoms with Gasteiger partial charge in [-0.2, -0.15) is 4.37 Å². The van der Waals surface area contributed by atoms with Crippen LogP contribution >= 0.6 is 23.3 Å². The number of hydrogen-bond donors (Lipinski definition) is 1. The average molecular weight is 232 g/mol. The molecule has 1 N–H and O–H groups in total. The third-order valence-electron chi connectivity index (χ3n) is 1.79. The topological polar surface area (TPSA) is 46.0 Å². The van der Waals surface area contributed by atoms with Crippen LogP contribution in [0, 0.1) is 6.92 Å². The summed E-state index contributed by atoms with van der Waals surface area (Å²) >= 11 is 3.26. The monoisotopic (exact) mass is 232 g/mol. The van der Waals surface area contributed by atoms with Crippen LogP contribution in [0.15, 0.2) is 4.34 Å². The van der Waals surface area contributed by atoms with Crippen molar-refractivity contribution in [3.8, 4) is 0 Å². The molecule has 1 rings (SSSR count). The lowest BCUT2D eigenvalue weighted by atomic mass is 10.2. The van der Waals surface area contributed by atoms with Gasteiger partial charge in [0.05, 0.1) is 0 Å². The summed E-state index contributed by atoms with van der Waals surface area (Å²) in [6.45, 7) is 2.24. The van der Waals surface area contributed by atoms with E-state index >= 15 is 0 Å². The summed E-state index contributed by atoms with van der Waals surface area (Å²) in [6, 6.07) is 0. The SMILES string of the molecule is Cc1nsc(SCCCCCCO)n1. The normalized spacial score (nSPS) is 10.7. The molecule has 0 unspecified atom stereocenters. The number of aliphatic hydroxyl groups is 1. The first kappa shape index (κ1) is 11.9.